The molecule has 3 heteroatoms. The van der Waals surface area contributed by atoms with Gasteiger partial charge in [-0.2, -0.15) is 0 Å². The van der Waals surface area contributed by atoms with Gasteiger partial charge in [-0.05, 0) is 53.4 Å². The predicted molar refractivity (Wildman–Crippen MR) is 125 cm³/mol. The SMILES string of the molecule is C/C(=C\[C@H]1C[C@@H]1CCCO[Si](c1ccccc1)(c1ccccc1)C(C)(C)C)CO. The molecule has 0 spiro atoms. The maximum atomic E-state index is 9.21. The first-order valence-electron chi connectivity index (χ1n) is 10.9. The van der Waals surface area contributed by atoms with Gasteiger partial charge in [-0.15, -0.1) is 0 Å². The van der Waals surface area contributed by atoms with Crippen LogP contribution in [0.3, 0.4) is 0 Å². The predicted octanol–water partition coefficient (Wildman–Crippen LogP) is 4.92. The van der Waals surface area contributed by atoms with E-state index in [-0.39, 0.29) is 11.6 Å². The lowest BCUT2D eigenvalue weighted by Crippen LogP contribution is -2.66. The molecule has 1 aliphatic rings. The van der Waals surface area contributed by atoms with Gasteiger partial charge in [-0.25, -0.2) is 0 Å². The molecule has 1 N–H and O–H groups in total. The summed E-state index contributed by atoms with van der Waals surface area (Å²) in [5.74, 6) is 1.43. The van der Waals surface area contributed by atoms with Crippen LogP contribution in [-0.4, -0.2) is 26.6 Å². The molecular formula is C26H36O2Si. The molecule has 3 rings (SSSR count). The van der Waals surface area contributed by atoms with Crippen molar-refractivity contribution < 1.29 is 9.53 Å². The molecule has 0 saturated heterocycles. The van der Waals surface area contributed by atoms with Gasteiger partial charge in [-0.3, -0.25) is 0 Å². The molecule has 156 valence electrons. The monoisotopic (exact) mass is 408 g/mol. The zero-order chi connectivity index (χ0) is 20.9. The topological polar surface area (TPSA) is 29.5 Å². The highest BCUT2D eigenvalue weighted by Gasteiger charge is 2.50. The van der Waals surface area contributed by atoms with Gasteiger partial charge in [0.25, 0.3) is 8.32 Å². The number of benzene rings is 2. The second kappa shape index (κ2) is 9.42. The van der Waals surface area contributed by atoms with E-state index in [1.54, 1.807) is 0 Å². The Morgan fingerprint density at radius 2 is 1.59 bits per heavy atom. The van der Waals surface area contributed by atoms with Gasteiger partial charge >= 0.3 is 0 Å². The lowest BCUT2D eigenvalue weighted by atomic mass is 10.1. The van der Waals surface area contributed by atoms with Gasteiger partial charge in [0.1, 0.15) is 0 Å². The Labute approximate surface area is 177 Å². The Morgan fingerprint density at radius 1 is 1.03 bits per heavy atom. The van der Waals surface area contributed by atoms with E-state index in [2.05, 4.69) is 87.5 Å². The molecule has 2 aromatic rings. The van der Waals surface area contributed by atoms with E-state index >= 15 is 0 Å². The van der Waals surface area contributed by atoms with E-state index in [9.17, 15) is 5.11 Å². The second-order valence-corrected chi connectivity index (χ2v) is 13.8. The molecule has 0 amide bonds. The van der Waals surface area contributed by atoms with Gasteiger partial charge in [0, 0.05) is 6.61 Å². The molecule has 0 radical (unpaired) electrons. The Morgan fingerprint density at radius 3 is 2.07 bits per heavy atom. The van der Waals surface area contributed by atoms with Crippen LogP contribution in [0, 0.1) is 11.8 Å². The molecule has 0 aromatic heterocycles. The molecule has 0 unspecified atom stereocenters. The molecule has 2 aromatic carbocycles. The van der Waals surface area contributed by atoms with E-state index in [0.29, 0.717) is 5.92 Å². The van der Waals surface area contributed by atoms with E-state index in [0.717, 1.165) is 24.5 Å². The summed E-state index contributed by atoms with van der Waals surface area (Å²) >= 11 is 0. The fraction of sp³-hybridized carbons (Fsp3) is 0.462. The largest absolute Gasteiger partial charge is 0.407 e. The van der Waals surface area contributed by atoms with E-state index < -0.39 is 8.32 Å². The number of aliphatic hydroxyl groups is 1. The van der Waals surface area contributed by atoms with Crippen molar-refractivity contribution in [3.63, 3.8) is 0 Å². The molecule has 0 heterocycles. The minimum atomic E-state index is -2.39. The lowest BCUT2D eigenvalue weighted by molar-refractivity contribution is 0.284. The first-order chi connectivity index (χ1) is 13.9. The maximum Gasteiger partial charge on any atom is 0.261 e. The van der Waals surface area contributed by atoms with Crippen LogP contribution in [0.15, 0.2) is 72.3 Å². The van der Waals surface area contributed by atoms with Crippen LogP contribution >= 0.6 is 0 Å². The molecule has 2 atom stereocenters. The smallest absolute Gasteiger partial charge is 0.261 e. The molecule has 0 bridgehead atoms. The third-order valence-corrected chi connectivity index (χ3v) is 11.2. The van der Waals surface area contributed by atoms with Crippen LogP contribution in [0.5, 0.6) is 0 Å². The Kier molecular flexibility index (Phi) is 7.15. The standard InChI is InChI=1S/C26H36O2Si/c1-21(20-27)18-23-19-22(23)12-11-17-28-29(26(2,3)4,24-13-7-5-8-14-24)25-15-9-6-10-16-25/h5-10,13-16,18,22-23,27H,11-12,17,19-20H2,1-4H3/b21-18+/t22-,23-/m0/s1. The van der Waals surface area contributed by atoms with Crippen molar-refractivity contribution in [2.75, 3.05) is 13.2 Å². The molecule has 29 heavy (non-hydrogen) atoms. The van der Waals surface area contributed by atoms with Crippen LogP contribution in [0.4, 0.5) is 0 Å². The normalized spacial score (nSPS) is 20.0. The summed E-state index contributed by atoms with van der Waals surface area (Å²) in [6.45, 7) is 10.00. The molecular weight excluding hydrogens is 372 g/mol. The Hall–Kier alpha value is -1.68. The number of allylic oxidation sites excluding steroid dienone is 1. The summed E-state index contributed by atoms with van der Waals surface area (Å²) in [7, 11) is -2.39. The fourth-order valence-corrected chi connectivity index (χ4v) is 9.16. The molecule has 2 nitrogen and oxygen atoms in total. The highest BCUT2D eigenvalue weighted by atomic mass is 28.4. The average Bonchev–Trinajstić information content (AvgIpc) is 3.46. The molecule has 1 saturated carbocycles. The summed E-state index contributed by atoms with van der Waals surface area (Å²) in [5, 5.41) is 12.0. The van der Waals surface area contributed by atoms with Gasteiger partial charge in [0.2, 0.25) is 0 Å². The molecule has 1 aliphatic carbocycles. The average molecular weight is 409 g/mol. The van der Waals surface area contributed by atoms with Crippen LogP contribution < -0.4 is 10.4 Å². The Bertz CT molecular complexity index is 753. The van der Waals surface area contributed by atoms with Crippen molar-refractivity contribution in [3.05, 3.63) is 72.3 Å². The van der Waals surface area contributed by atoms with E-state index in [4.69, 9.17) is 4.43 Å². The summed E-state index contributed by atoms with van der Waals surface area (Å²) in [6, 6.07) is 21.7. The highest BCUT2D eigenvalue weighted by molar-refractivity contribution is 6.99. The third-order valence-electron chi connectivity index (χ3n) is 6.18. The van der Waals surface area contributed by atoms with Crippen LogP contribution in [-0.2, 0) is 4.43 Å². The minimum absolute atomic E-state index is 0.0405. The van der Waals surface area contributed by atoms with Gasteiger partial charge < -0.3 is 9.53 Å². The van der Waals surface area contributed by atoms with Crippen molar-refractivity contribution in [3.8, 4) is 0 Å². The summed E-state index contributed by atoms with van der Waals surface area (Å²) in [6.07, 6.45) is 5.82. The summed E-state index contributed by atoms with van der Waals surface area (Å²) < 4.78 is 6.97. The number of aliphatic hydroxyl groups excluding tert-OH is 1. The fourth-order valence-electron chi connectivity index (χ4n) is 4.56. The van der Waals surface area contributed by atoms with Crippen molar-refractivity contribution in [1.82, 2.24) is 0 Å². The quantitative estimate of drug-likeness (QED) is 0.363. The molecule has 0 aliphatic heterocycles. The molecule has 1 fully saturated rings. The third kappa shape index (κ3) is 5.09. The van der Waals surface area contributed by atoms with Gasteiger partial charge in [0.05, 0.1) is 6.61 Å². The summed E-state index contributed by atoms with van der Waals surface area (Å²) in [4.78, 5) is 0. The van der Waals surface area contributed by atoms with Crippen molar-refractivity contribution >= 4 is 18.7 Å². The number of rotatable bonds is 9. The van der Waals surface area contributed by atoms with Crippen molar-refractivity contribution in [2.45, 2.75) is 52.0 Å². The van der Waals surface area contributed by atoms with E-state index in [1.165, 1.54) is 23.2 Å². The first-order valence-corrected chi connectivity index (χ1v) is 12.8. The van der Waals surface area contributed by atoms with Crippen molar-refractivity contribution in [2.24, 2.45) is 11.8 Å². The highest BCUT2D eigenvalue weighted by Crippen LogP contribution is 2.44. The van der Waals surface area contributed by atoms with Gasteiger partial charge in [-0.1, -0.05) is 93.1 Å². The van der Waals surface area contributed by atoms with Crippen LogP contribution in [0.25, 0.3) is 0 Å². The van der Waals surface area contributed by atoms with Gasteiger partial charge in [0.15, 0.2) is 0 Å². The lowest BCUT2D eigenvalue weighted by Gasteiger charge is -2.43. The zero-order valence-corrected chi connectivity index (χ0v) is 19.4. The van der Waals surface area contributed by atoms with Crippen LogP contribution in [0.2, 0.25) is 5.04 Å². The Balaban J connectivity index is 1.75. The van der Waals surface area contributed by atoms with Crippen LogP contribution in [0.1, 0.15) is 47.0 Å². The summed E-state index contributed by atoms with van der Waals surface area (Å²) in [5.41, 5.74) is 1.10. The van der Waals surface area contributed by atoms with Crippen molar-refractivity contribution in [1.29, 1.82) is 0 Å². The zero-order valence-electron chi connectivity index (χ0n) is 18.4. The second-order valence-electron chi connectivity index (χ2n) is 9.48. The first kappa shape index (κ1) is 22.0. The van der Waals surface area contributed by atoms with E-state index in [1.807, 2.05) is 6.92 Å². The number of hydrogen-bond acceptors (Lipinski definition) is 2. The number of hydrogen-bond donors (Lipinski definition) is 1. The minimum Gasteiger partial charge on any atom is -0.407 e. The maximum absolute atomic E-state index is 9.21.